The Morgan fingerprint density at radius 3 is 2.50 bits per heavy atom. The second-order valence-electron chi connectivity index (χ2n) is 4.70. The summed E-state index contributed by atoms with van der Waals surface area (Å²) in [5.74, 6) is -0.312. The van der Waals surface area contributed by atoms with Crippen LogP contribution in [-0.4, -0.2) is 42.5 Å². The lowest BCUT2D eigenvalue weighted by atomic mass is 10.2. The number of rotatable bonds is 7. The van der Waals surface area contributed by atoms with Crippen molar-refractivity contribution in [1.82, 2.24) is 14.6 Å². The predicted molar refractivity (Wildman–Crippen MR) is 77.4 cm³/mol. The van der Waals surface area contributed by atoms with Crippen LogP contribution in [0.15, 0.2) is 24.5 Å². The number of carbonyl (C=O) groups excluding carboxylic acids is 1. The Kier molecular flexibility index (Phi) is 6.09. The van der Waals surface area contributed by atoms with Crippen molar-refractivity contribution in [2.75, 3.05) is 12.8 Å². The van der Waals surface area contributed by atoms with Gasteiger partial charge in [0.25, 0.3) is 0 Å². The molecule has 0 aliphatic carbocycles. The summed E-state index contributed by atoms with van der Waals surface area (Å²) >= 11 is 0. The Bertz CT molecular complexity index is 531. The van der Waals surface area contributed by atoms with Crippen molar-refractivity contribution in [2.24, 2.45) is 0 Å². The van der Waals surface area contributed by atoms with Gasteiger partial charge in [-0.15, -0.1) is 0 Å². The van der Waals surface area contributed by atoms with E-state index in [0.29, 0.717) is 13.0 Å². The smallest absolute Gasteiger partial charge is 0.235 e. The fraction of sp³-hybridized carbons (Fsp3) is 0.538. The van der Waals surface area contributed by atoms with Gasteiger partial charge in [-0.1, -0.05) is 6.92 Å². The molecule has 1 amide bonds. The molecule has 0 radical (unpaired) electrons. The van der Waals surface area contributed by atoms with E-state index in [1.807, 2.05) is 6.92 Å². The van der Waals surface area contributed by atoms with Crippen LogP contribution in [0.1, 0.15) is 25.8 Å². The second kappa shape index (κ2) is 7.35. The number of hydrogen-bond acceptors (Lipinski definition) is 4. The first-order valence-electron chi connectivity index (χ1n) is 6.47. The molecule has 20 heavy (non-hydrogen) atoms. The number of amides is 1. The Hall–Kier alpha value is -1.47. The van der Waals surface area contributed by atoms with E-state index < -0.39 is 10.0 Å². The van der Waals surface area contributed by atoms with Crippen LogP contribution in [0.5, 0.6) is 0 Å². The zero-order chi connectivity index (χ0) is 15.2. The summed E-state index contributed by atoms with van der Waals surface area (Å²) in [6.07, 6.45) is 5.06. The molecular weight excluding hydrogens is 278 g/mol. The van der Waals surface area contributed by atoms with Crippen LogP contribution in [0.4, 0.5) is 0 Å². The molecule has 0 aromatic carbocycles. The Morgan fingerprint density at radius 1 is 1.40 bits per heavy atom. The minimum absolute atomic E-state index is 0.154. The minimum atomic E-state index is -3.39. The van der Waals surface area contributed by atoms with E-state index in [1.54, 1.807) is 31.5 Å². The molecule has 1 unspecified atom stereocenters. The largest absolute Gasteiger partial charge is 0.351 e. The average molecular weight is 299 g/mol. The number of hydrogen-bond donors (Lipinski definition) is 1. The zero-order valence-corrected chi connectivity index (χ0v) is 12.9. The van der Waals surface area contributed by atoms with Crippen molar-refractivity contribution in [3.05, 3.63) is 30.1 Å². The standard InChI is InChI=1S/C13H21N3O3S/c1-4-11(2)16(20(3,18)19)10-13(17)15-9-12-5-7-14-8-6-12/h5-8,11H,4,9-10H2,1-3H3,(H,15,17). The number of carbonyl (C=O) groups is 1. The van der Waals surface area contributed by atoms with Gasteiger partial charge in [0, 0.05) is 25.0 Å². The van der Waals surface area contributed by atoms with Crippen molar-refractivity contribution < 1.29 is 13.2 Å². The second-order valence-corrected chi connectivity index (χ2v) is 6.63. The molecule has 1 heterocycles. The highest BCUT2D eigenvalue weighted by atomic mass is 32.2. The van der Waals surface area contributed by atoms with Crippen molar-refractivity contribution in [3.8, 4) is 0 Å². The molecular formula is C13H21N3O3S. The van der Waals surface area contributed by atoms with Gasteiger partial charge in [0.15, 0.2) is 0 Å². The summed E-state index contributed by atoms with van der Waals surface area (Å²) in [4.78, 5) is 15.7. The van der Waals surface area contributed by atoms with Gasteiger partial charge in [0.05, 0.1) is 12.8 Å². The zero-order valence-electron chi connectivity index (χ0n) is 12.0. The molecule has 6 nitrogen and oxygen atoms in total. The molecule has 1 N–H and O–H groups in total. The number of nitrogens with zero attached hydrogens (tertiary/aromatic N) is 2. The predicted octanol–water partition coefficient (Wildman–Crippen LogP) is 0.758. The molecule has 0 bridgehead atoms. The molecule has 0 spiro atoms. The number of pyridine rings is 1. The first-order valence-corrected chi connectivity index (χ1v) is 8.31. The van der Waals surface area contributed by atoms with Crippen molar-refractivity contribution >= 4 is 15.9 Å². The van der Waals surface area contributed by atoms with Crippen LogP contribution in [0.2, 0.25) is 0 Å². The quantitative estimate of drug-likeness (QED) is 0.806. The summed E-state index contributed by atoms with van der Waals surface area (Å²) in [6, 6.07) is 3.39. The summed E-state index contributed by atoms with van der Waals surface area (Å²) in [5, 5.41) is 2.71. The van der Waals surface area contributed by atoms with Gasteiger partial charge in [-0.25, -0.2) is 8.42 Å². The van der Waals surface area contributed by atoms with Crippen molar-refractivity contribution in [3.63, 3.8) is 0 Å². The van der Waals surface area contributed by atoms with Crippen LogP contribution in [0, 0.1) is 0 Å². The summed E-state index contributed by atoms with van der Waals surface area (Å²) in [5.41, 5.74) is 0.919. The molecule has 1 aromatic heterocycles. The highest BCUT2D eigenvalue weighted by Gasteiger charge is 2.24. The average Bonchev–Trinajstić information content (AvgIpc) is 2.41. The Balaban J connectivity index is 2.59. The molecule has 1 rings (SSSR count). The lowest BCUT2D eigenvalue weighted by molar-refractivity contribution is -0.121. The minimum Gasteiger partial charge on any atom is -0.351 e. The van der Waals surface area contributed by atoms with Gasteiger partial charge in [-0.2, -0.15) is 4.31 Å². The van der Waals surface area contributed by atoms with E-state index in [4.69, 9.17) is 0 Å². The van der Waals surface area contributed by atoms with E-state index >= 15 is 0 Å². The number of nitrogens with one attached hydrogen (secondary N) is 1. The van der Waals surface area contributed by atoms with Gasteiger partial charge < -0.3 is 5.32 Å². The molecule has 1 aromatic rings. The number of sulfonamides is 1. The molecule has 0 fully saturated rings. The maximum Gasteiger partial charge on any atom is 0.235 e. The molecule has 0 aliphatic rings. The summed E-state index contributed by atoms with van der Waals surface area (Å²) < 4.78 is 24.6. The van der Waals surface area contributed by atoms with Crippen LogP contribution in [0.25, 0.3) is 0 Å². The summed E-state index contributed by atoms with van der Waals surface area (Å²) in [7, 11) is -3.39. The highest BCUT2D eigenvalue weighted by molar-refractivity contribution is 7.88. The van der Waals surface area contributed by atoms with Gasteiger partial charge in [-0.3, -0.25) is 9.78 Å². The van der Waals surface area contributed by atoms with Crippen LogP contribution in [-0.2, 0) is 21.4 Å². The lowest BCUT2D eigenvalue weighted by Gasteiger charge is -2.25. The lowest BCUT2D eigenvalue weighted by Crippen LogP contribution is -2.44. The fourth-order valence-electron chi connectivity index (χ4n) is 1.70. The topological polar surface area (TPSA) is 79.4 Å². The molecule has 0 saturated carbocycles. The maximum atomic E-state index is 11.9. The van der Waals surface area contributed by atoms with E-state index in [9.17, 15) is 13.2 Å². The van der Waals surface area contributed by atoms with Gasteiger partial charge in [0.1, 0.15) is 0 Å². The van der Waals surface area contributed by atoms with E-state index in [1.165, 1.54) is 4.31 Å². The van der Waals surface area contributed by atoms with Crippen molar-refractivity contribution in [2.45, 2.75) is 32.9 Å². The van der Waals surface area contributed by atoms with Gasteiger partial charge in [0.2, 0.25) is 15.9 Å². The van der Waals surface area contributed by atoms with E-state index in [0.717, 1.165) is 11.8 Å². The fourth-order valence-corrected chi connectivity index (χ4v) is 2.86. The third-order valence-electron chi connectivity index (χ3n) is 3.05. The summed E-state index contributed by atoms with van der Waals surface area (Å²) in [6.45, 7) is 3.88. The van der Waals surface area contributed by atoms with Crippen molar-refractivity contribution in [1.29, 1.82) is 0 Å². The third-order valence-corrected chi connectivity index (χ3v) is 4.39. The first kappa shape index (κ1) is 16.6. The van der Waals surface area contributed by atoms with E-state index in [2.05, 4.69) is 10.3 Å². The molecule has 0 saturated heterocycles. The molecule has 1 atom stereocenters. The first-order chi connectivity index (χ1) is 9.34. The monoisotopic (exact) mass is 299 g/mol. The number of aromatic nitrogens is 1. The normalized spacial score (nSPS) is 13.2. The Labute approximate surface area is 120 Å². The van der Waals surface area contributed by atoms with Gasteiger partial charge in [-0.05, 0) is 31.0 Å². The third kappa shape index (κ3) is 5.26. The SMILES string of the molecule is CCC(C)N(CC(=O)NCc1ccncc1)S(C)(=O)=O. The van der Waals surface area contributed by atoms with Crippen LogP contribution < -0.4 is 5.32 Å². The highest BCUT2D eigenvalue weighted by Crippen LogP contribution is 2.08. The van der Waals surface area contributed by atoms with Crippen LogP contribution >= 0.6 is 0 Å². The maximum absolute atomic E-state index is 11.9. The molecule has 112 valence electrons. The van der Waals surface area contributed by atoms with E-state index in [-0.39, 0.29) is 18.5 Å². The van der Waals surface area contributed by atoms with Crippen LogP contribution in [0.3, 0.4) is 0 Å². The molecule has 0 aliphatic heterocycles. The van der Waals surface area contributed by atoms with Gasteiger partial charge >= 0.3 is 0 Å². The Morgan fingerprint density at radius 2 is 2.00 bits per heavy atom. The molecule has 7 heteroatoms.